The van der Waals surface area contributed by atoms with Gasteiger partial charge in [0.25, 0.3) is 0 Å². The molecule has 2 rings (SSSR count). The van der Waals surface area contributed by atoms with Crippen LogP contribution < -0.4 is 5.32 Å². The Balaban J connectivity index is 2.52. The molecule has 0 aliphatic rings. The molecule has 3 nitrogen and oxygen atoms in total. The van der Waals surface area contributed by atoms with Crippen molar-refractivity contribution in [3.8, 4) is 5.69 Å². The minimum absolute atomic E-state index is 0.424. The van der Waals surface area contributed by atoms with E-state index in [0.29, 0.717) is 27.6 Å². The van der Waals surface area contributed by atoms with Gasteiger partial charge >= 0.3 is 0 Å². The van der Waals surface area contributed by atoms with Crippen LogP contribution in [-0.2, 0) is 0 Å². The van der Waals surface area contributed by atoms with Crippen LogP contribution in [0.5, 0.6) is 0 Å². The summed E-state index contributed by atoms with van der Waals surface area (Å²) in [5, 5.41) is 4.52. The number of rotatable bonds is 4. The fourth-order valence-corrected chi connectivity index (χ4v) is 2.30. The Bertz CT molecular complexity index is 620. The van der Waals surface area contributed by atoms with Gasteiger partial charge in [0.15, 0.2) is 0 Å². The predicted octanol–water partition coefficient (Wildman–Crippen LogP) is 4.74. The third kappa shape index (κ3) is 3.06. The second kappa shape index (κ2) is 5.87. The van der Waals surface area contributed by atoms with Crippen LogP contribution in [0.3, 0.4) is 0 Å². The van der Waals surface area contributed by atoms with Gasteiger partial charge in [0, 0.05) is 12.7 Å². The molecule has 19 heavy (non-hydrogen) atoms. The molecule has 100 valence electrons. The molecule has 0 aliphatic heterocycles. The molecule has 1 heterocycles. The van der Waals surface area contributed by atoms with E-state index in [1.807, 2.05) is 17.7 Å². The van der Waals surface area contributed by atoms with Crippen LogP contribution in [-0.4, -0.2) is 16.1 Å². The standard InChI is InChI=1S/C13H12Cl3N3/c1-3-4-17-13-18-8(2)7-19(13)12-6-10(15)9(14)5-11(12)16/h3,5-7H,1,4H2,2H3,(H,17,18). The van der Waals surface area contributed by atoms with Crippen molar-refractivity contribution < 1.29 is 0 Å². The maximum absolute atomic E-state index is 6.21. The van der Waals surface area contributed by atoms with Crippen molar-refractivity contribution in [3.05, 3.63) is 51.7 Å². The van der Waals surface area contributed by atoms with E-state index in [0.717, 1.165) is 11.4 Å². The first-order valence-electron chi connectivity index (χ1n) is 5.58. The van der Waals surface area contributed by atoms with Gasteiger partial charge in [-0.1, -0.05) is 40.9 Å². The van der Waals surface area contributed by atoms with E-state index in [4.69, 9.17) is 34.8 Å². The van der Waals surface area contributed by atoms with Crippen LogP contribution in [0.25, 0.3) is 5.69 Å². The Morgan fingerprint density at radius 3 is 2.63 bits per heavy atom. The lowest BCUT2D eigenvalue weighted by Crippen LogP contribution is -2.06. The molecule has 0 saturated heterocycles. The predicted molar refractivity (Wildman–Crippen MR) is 82.0 cm³/mol. The zero-order valence-electron chi connectivity index (χ0n) is 10.3. The highest BCUT2D eigenvalue weighted by molar-refractivity contribution is 6.43. The highest BCUT2D eigenvalue weighted by atomic mass is 35.5. The van der Waals surface area contributed by atoms with Gasteiger partial charge in [0.1, 0.15) is 0 Å². The van der Waals surface area contributed by atoms with Crippen LogP contribution >= 0.6 is 34.8 Å². The highest BCUT2D eigenvalue weighted by Crippen LogP contribution is 2.32. The molecule has 0 unspecified atom stereocenters. The molecule has 0 fully saturated rings. The molecule has 0 atom stereocenters. The van der Waals surface area contributed by atoms with Gasteiger partial charge in [0.05, 0.1) is 26.4 Å². The summed E-state index contributed by atoms with van der Waals surface area (Å²) in [7, 11) is 0. The molecule has 0 bridgehead atoms. The topological polar surface area (TPSA) is 29.9 Å². The van der Waals surface area contributed by atoms with Gasteiger partial charge in [-0.05, 0) is 19.1 Å². The molecule has 0 amide bonds. The van der Waals surface area contributed by atoms with E-state index in [9.17, 15) is 0 Å². The number of aryl methyl sites for hydroxylation is 1. The number of benzene rings is 1. The van der Waals surface area contributed by atoms with E-state index < -0.39 is 0 Å². The molecule has 0 aliphatic carbocycles. The first-order chi connectivity index (χ1) is 9.02. The van der Waals surface area contributed by atoms with Crippen LogP contribution in [0.15, 0.2) is 31.0 Å². The van der Waals surface area contributed by atoms with Gasteiger partial charge in [-0.3, -0.25) is 4.57 Å². The molecule has 1 N–H and O–H groups in total. The van der Waals surface area contributed by atoms with Crippen LogP contribution in [0, 0.1) is 6.92 Å². The van der Waals surface area contributed by atoms with Crippen molar-refractivity contribution in [2.24, 2.45) is 0 Å². The lowest BCUT2D eigenvalue weighted by Gasteiger charge is -2.11. The monoisotopic (exact) mass is 315 g/mol. The van der Waals surface area contributed by atoms with E-state index in [1.165, 1.54) is 0 Å². The summed E-state index contributed by atoms with van der Waals surface area (Å²) < 4.78 is 1.84. The van der Waals surface area contributed by atoms with Crippen molar-refractivity contribution in [2.45, 2.75) is 6.92 Å². The Hall–Kier alpha value is -1.16. The number of nitrogens with one attached hydrogen (secondary N) is 1. The fourth-order valence-electron chi connectivity index (χ4n) is 1.67. The molecule has 0 spiro atoms. The van der Waals surface area contributed by atoms with Gasteiger partial charge in [0.2, 0.25) is 5.95 Å². The van der Waals surface area contributed by atoms with Crippen molar-refractivity contribution in [3.63, 3.8) is 0 Å². The number of anilines is 1. The molecule has 6 heteroatoms. The zero-order chi connectivity index (χ0) is 14.0. The Kier molecular flexibility index (Phi) is 4.40. The number of halogens is 3. The summed E-state index contributed by atoms with van der Waals surface area (Å²) in [4.78, 5) is 4.39. The SMILES string of the molecule is C=CCNc1nc(C)cn1-c1cc(Cl)c(Cl)cc1Cl. The first kappa shape index (κ1) is 14.3. The van der Waals surface area contributed by atoms with E-state index in [-0.39, 0.29) is 0 Å². The number of imidazole rings is 1. The Labute approximate surface area is 126 Å². The summed E-state index contributed by atoms with van der Waals surface area (Å²) in [6, 6.07) is 3.33. The maximum atomic E-state index is 6.21. The van der Waals surface area contributed by atoms with E-state index in [1.54, 1.807) is 18.2 Å². The number of aromatic nitrogens is 2. The molecule has 0 radical (unpaired) electrons. The summed E-state index contributed by atoms with van der Waals surface area (Å²) in [5.41, 5.74) is 1.59. The summed E-state index contributed by atoms with van der Waals surface area (Å²) >= 11 is 18.2. The third-order valence-corrected chi connectivity index (χ3v) is 3.51. The average Bonchev–Trinajstić information content (AvgIpc) is 2.72. The molecule has 2 aromatic rings. The number of nitrogens with zero attached hydrogens (tertiary/aromatic N) is 2. The maximum Gasteiger partial charge on any atom is 0.208 e. The molecule has 1 aromatic carbocycles. The van der Waals surface area contributed by atoms with E-state index in [2.05, 4.69) is 16.9 Å². The van der Waals surface area contributed by atoms with Crippen molar-refractivity contribution >= 4 is 40.8 Å². The third-order valence-electron chi connectivity index (χ3n) is 2.48. The lowest BCUT2D eigenvalue weighted by molar-refractivity contribution is 1.04. The van der Waals surface area contributed by atoms with Crippen LogP contribution in [0.1, 0.15) is 5.69 Å². The zero-order valence-corrected chi connectivity index (χ0v) is 12.5. The number of hydrogen-bond acceptors (Lipinski definition) is 2. The van der Waals surface area contributed by atoms with Crippen molar-refractivity contribution in [1.29, 1.82) is 0 Å². The van der Waals surface area contributed by atoms with Crippen LogP contribution in [0.2, 0.25) is 15.1 Å². The van der Waals surface area contributed by atoms with Crippen molar-refractivity contribution in [2.75, 3.05) is 11.9 Å². The Morgan fingerprint density at radius 2 is 1.95 bits per heavy atom. The van der Waals surface area contributed by atoms with Crippen LogP contribution in [0.4, 0.5) is 5.95 Å². The molecule has 1 aromatic heterocycles. The minimum atomic E-state index is 0.424. The highest BCUT2D eigenvalue weighted by Gasteiger charge is 2.12. The normalized spacial score (nSPS) is 10.5. The minimum Gasteiger partial charge on any atom is -0.352 e. The quantitative estimate of drug-likeness (QED) is 0.652. The van der Waals surface area contributed by atoms with Gasteiger partial charge in [-0.2, -0.15) is 0 Å². The second-order valence-electron chi connectivity index (χ2n) is 3.96. The summed E-state index contributed by atoms with van der Waals surface area (Å²) in [6.07, 6.45) is 3.63. The second-order valence-corrected chi connectivity index (χ2v) is 5.18. The lowest BCUT2D eigenvalue weighted by atomic mass is 10.3. The average molecular weight is 317 g/mol. The fraction of sp³-hybridized carbons (Fsp3) is 0.154. The largest absolute Gasteiger partial charge is 0.352 e. The van der Waals surface area contributed by atoms with Gasteiger partial charge in [-0.15, -0.1) is 6.58 Å². The molecule has 0 saturated carbocycles. The molecular weight excluding hydrogens is 305 g/mol. The number of hydrogen-bond donors (Lipinski definition) is 1. The van der Waals surface area contributed by atoms with Gasteiger partial charge in [-0.25, -0.2) is 4.98 Å². The first-order valence-corrected chi connectivity index (χ1v) is 6.72. The summed E-state index contributed by atoms with van der Waals surface area (Å²) in [5.74, 6) is 0.678. The van der Waals surface area contributed by atoms with Gasteiger partial charge < -0.3 is 5.32 Å². The molecular formula is C13H12Cl3N3. The van der Waals surface area contributed by atoms with Crippen molar-refractivity contribution in [1.82, 2.24) is 9.55 Å². The van der Waals surface area contributed by atoms with E-state index >= 15 is 0 Å². The smallest absolute Gasteiger partial charge is 0.208 e. The Morgan fingerprint density at radius 1 is 1.26 bits per heavy atom. The summed E-state index contributed by atoms with van der Waals surface area (Å²) in [6.45, 7) is 6.17.